The monoisotopic (exact) mass is 415 g/mol. The predicted molar refractivity (Wildman–Crippen MR) is 123 cm³/mol. The summed E-state index contributed by atoms with van der Waals surface area (Å²) in [7, 11) is 0. The number of carbonyl (C=O) groups excluding carboxylic acids is 1. The van der Waals surface area contributed by atoms with Crippen molar-refractivity contribution < 1.29 is 14.6 Å². The number of hydrogen-bond acceptors (Lipinski definition) is 5. The van der Waals surface area contributed by atoms with Crippen molar-refractivity contribution in [2.24, 2.45) is 5.92 Å². The molecule has 0 radical (unpaired) electrons. The molecule has 0 saturated carbocycles. The molecule has 0 fully saturated rings. The van der Waals surface area contributed by atoms with E-state index in [9.17, 15) is 4.79 Å². The van der Waals surface area contributed by atoms with E-state index in [1.54, 1.807) is 4.68 Å². The smallest absolute Gasteiger partial charge is 0.133 e. The Morgan fingerprint density at radius 1 is 1.21 bits per heavy atom. The summed E-state index contributed by atoms with van der Waals surface area (Å²) in [5, 5.41) is 16.1. The molecule has 0 spiro atoms. The summed E-state index contributed by atoms with van der Waals surface area (Å²) in [6.45, 7) is 22.1. The minimum absolute atomic E-state index is 0.265. The zero-order chi connectivity index (χ0) is 23.3. The molecule has 174 valence electrons. The molecule has 1 aromatic heterocycles. The summed E-state index contributed by atoms with van der Waals surface area (Å²) in [6.07, 6.45) is 5.65. The highest BCUT2D eigenvalue weighted by atomic mass is 16.5. The van der Waals surface area contributed by atoms with Crippen LogP contribution >= 0.6 is 0 Å². The minimum Gasteiger partial charge on any atom is -0.396 e. The van der Waals surface area contributed by atoms with Crippen LogP contribution < -0.4 is 0 Å². The number of aryl methyl sites for hydroxylation is 1. The third kappa shape index (κ3) is 21.3. The average Bonchev–Trinajstić information content (AvgIpc) is 3.15. The standard InChI is InChI=1S/C16H29N3O2.C3H8O.2C2H6/c1-6-15(20)8-7-14-11-19(18-17-14)12-16(4,5)21-10-9-13(2)3;1-2-3-4;2*1-2/h11,13H,6-10,12H2,1-5H3;4H,2-3H2,1H3;2*1-2H3. The Balaban J connectivity index is -0.000000733. The lowest BCUT2D eigenvalue weighted by molar-refractivity contribution is -0.118. The summed E-state index contributed by atoms with van der Waals surface area (Å²) in [4.78, 5) is 11.3. The summed E-state index contributed by atoms with van der Waals surface area (Å²) in [5.74, 6) is 0.914. The van der Waals surface area contributed by atoms with Crippen LogP contribution in [0.3, 0.4) is 0 Å². The molecule has 1 heterocycles. The fourth-order valence-corrected chi connectivity index (χ4v) is 1.98. The van der Waals surface area contributed by atoms with Crippen molar-refractivity contribution in [2.45, 2.75) is 113 Å². The van der Waals surface area contributed by atoms with E-state index >= 15 is 0 Å². The van der Waals surface area contributed by atoms with E-state index in [2.05, 4.69) is 38.0 Å². The Labute approximate surface area is 180 Å². The first-order chi connectivity index (χ1) is 13.7. The first kappa shape index (κ1) is 32.4. The summed E-state index contributed by atoms with van der Waals surface area (Å²) >= 11 is 0. The molecule has 29 heavy (non-hydrogen) atoms. The van der Waals surface area contributed by atoms with Gasteiger partial charge in [0.05, 0.1) is 17.8 Å². The van der Waals surface area contributed by atoms with E-state index in [-0.39, 0.29) is 11.4 Å². The molecule has 6 nitrogen and oxygen atoms in total. The van der Waals surface area contributed by atoms with Crippen LogP contribution in [0.15, 0.2) is 6.20 Å². The van der Waals surface area contributed by atoms with Crippen LogP contribution in [0, 0.1) is 5.92 Å². The van der Waals surface area contributed by atoms with Crippen molar-refractivity contribution in [1.82, 2.24) is 15.0 Å². The second kappa shape index (κ2) is 21.4. The van der Waals surface area contributed by atoms with Gasteiger partial charge >= 0.3 is 0 Å². The quantitative estimate of drug-likeness (QED) is 0.518. The SMILES string of the molecule is CC.CC.CCC(=O)CCc1cn(CC(C)(C)OCCC(C)C)nn1.CCCO. The summed E-state index contributed by atoms with van der Waals surface area (Å²) < 4.78 is 7.73. The van der Waals surface area contributed by atoms with Gasteiger partial charge in [0.25, 0.3) is 0 Å². The second-order valence-corrected chi connectivity index (χ2v) is 7.31. The van der Waals surface area contributed by atoms with E-state index in [0.717, 1.165) is 25.1 Å². The lowest BCUT2D eigenvalue weighted by atomic mass is 10.1. The van der Waals surface area contributed by atoms with Gasteiger partial charge in [-0.15, -0.1) is 5.10 Å². The fourth-order valence-electron chi connectivity index (χ4n) is 1.98. The zero-order valence-corrected chi connectivity index (χ0v) is 20.9. The summed E-state index contributed by atoms with van der Waals surface area (Å²) in [5.41, 5.74) is 0.605. The van der Waals surface area contributed by atoms with E-state index in [0.29, 0.717) is 38.3 Å². The third-order valence-corrected chi connectivity index (χ3v) is 3.59. The molecule has 1 N–H and O–H groups in total. The van der Waals surface area contributed by atoms with Gasteiger partial charge in [-0.05, 0) is 39.0 Å². The van der Waals surface area contributed by atoms with Crippen molar-refractivity contribution in [3.8, 4) is 0 Å². The molecule has 0 aliphatic rings. The van der Waals surface area contributed by atoms with Gasteiger partial charge in [-0.1, -0.05) is 60.6 Å². The number of aliphatic hydroxyl groups is 1. The predicted octanol–water partition coefficient (Wildman–Crippen LogP) is 5.47. The van der Waals surface area contributed by atoms with Gasteiger partial charge in [-0.3, -0.25) is 4.79 Å². The van der Waals surface area contributed by atoms with E-state index in [1.165, 1.54) is 0 Å². The highest BCUT2D eigenvalue weighted by Crippen LogP contribution is 2.14. The maximum absolute atomic E-state index is 11.3. The van der Waals surface area contributed by atoms with Crippen LogP contribution in [0.25, 0.3) is 0 Å². The van der Waals surface area contributed by atoms with Gasteiger partial charge in [0.2, 0.25) is 0 Å². The third-order valence-electron chi connectivity index (χ3n) is 3.59. The molecule has 0 aromatic carbocycles. The molecule has 0 aliphatic carbocycles. The number of Topliss-reactive ketones (excluding diaryl/α,β-unsaturated/α-hetero) is 1. The maximum Gasteiger partial charge on any atom is 0.133 e. The second-order valence-electron chi connectivity index (χ2n) is 7.31. The number of ether oxygens (including phenoxy) is 1. The molecule has 0 saturated heterocycles. The molecule has 0 bridgehead atoms. The summed E-state index contributed by atoms with van der Waals surface area (Å²) in [6, 6.07) is 0. The lowest BCUT2D eigenvalue weighted by Crippen LogP contribution is -2.31. The molecule has 0 atom stereocenters. The van der Waals surface area contributed by atoms with Gasteiger partial charge < -0.3 is 9.84 Å². The van der Waals surface area contributed by atoms with Crippen molar-refractivity contribution >= 4 is 5.78 Å². The van der Waals surface area contributed by atoms with Crippen LogP contribution in [-0.4, -0.2) is 44.7 Å². The van der Waals surface area contributed by atoms with Crippen LogP contribution in [0.2, 0.25) is 0 Å². The highest BCUT2D eigenvalue weighted by Gasteiger charge is 2.20. The number of nitrogens with zero attached hydrogens (tertiary/aromatic N) is 3. The fraction of sp³-hybridized carbons (Fsp3) is 0.870. The van der Waals surface area contributed by atoms with Crippen LogP contribution in [0.5, 0.6) is 0 Å². The molecule has 0 unspecified atom stereocenters. The average molecular weight is 416 g/mol. The van der Waals surface area contributed by atoms with Gasteiger partial charge in [-0.2, -0.15) is 0 Å². The van der Waals surface area contributed by atoms with Crippen LogP contribution in [0.1, 0.15) is 101 Å². The molecular weight excluding hydrogens is 366 g/mol. The molecule has 0 aliphatic heterocycles. The first-order valence-corrected chi connectivity index (χ1v) is 11.4. The topological polar surface area (TPSA) is 77.2 Å². The number of carbonyl (C=O) groups is 1. The van der Waals surface area contributed by atoms with E-state index < -0.39 is 0 Å². The Hall–Kier alpha value is -1.27. The molecule has 6 heteroatoms. The minimum atomic E-state index is -0.265. The number of ketones is 1. The largest absolute Gasteiger partial charge is 0.396 e. The van der Waals surface area contributed by atoms with Crippen LogP contribution in [0.4, 0.5) is 0 Å². The zero-order valence-electron chi connectivity index (χ0n) is 20.9. The normalized spacial score (nSPS) is 10.2. The van der Waals surface area contributed by atoms with Crippen molar-refractivity contribution in [2.75, 3.05) is 13.2 Å². The van der Waals surface area contributed by atoms with Crippen molar-refractivity contribution in [3.05, 3.63) is 11.9 Å². The molecule has 1 rings (SSSR count). The van der Waals surface area contributed by atoms with Gasteiger partial charge in [0.1, 0.15) is 5.78 Å². The maximum atomic E-state index is 11.3. The number of aliphatic hydroxyl groups excluding tert-OH is 1. The first-order valence-electron chi connectivity index (χ1n) is 11.4. The van der Waals surface area contributed by atoms with Gasteiger partial charge in [0, 0.05) is 32.3 Å². The molecular formula is C23H49N3O3. The Bertz CT molecular complexity index is 470. The van der Waals surface area contributed by atoms with Gasteiger partial charge in [-0.25, -0.2) is 4.68 Å². The Morgan fingerprint density at radius 2 is 1.76 bits per heavy atom. The number of rotatable bonds is 11. The molecule has 0 amide bonds. The highest BCUT2D eigenvalue weighted by molar-refractivity contribution is 5.78. The Kier molecular flexibility index (Phi) is 24.0. The van der Waals surface area contributed by atoms with Gasteiger partial charge in [0.15, 0.2) is 0 Å². The number of aromatic nitrogens is 3. The van der Waals surface area contributed by atoms with Crippen molar-refractivity contribution in [3.63, 3.8) is 0 Å². The Morgan fingerprint density at radius 3 is 2.21 bits per heavy atom. The van der Waals surface area contributed by atoms with E-state index in [4.69, 9.17) is 9.84 Å². The van der Waals surface area contributed by atoms with Crippen LogP contribution in [-0.2, 0) is 22.5 Å². The number of hydrogen-bond donors (Lipinski definition) is 1. The lowest BCUT2D eigenvalue weighted by Gasteiger charge is -2.25. The van der Waals surface area contributed by atoms with E-state index in [1.807, 2.05) is 47.7 Å². The molecule has 1 aromatic rings. The van der Waals surface area contributed by atoms with Crippen molar-refractivity contribution in [1.29, 1.82) is 0 Å².